The molecule has 1 amide bonds. The number of nitrogens with one attached hydrogen (secondary N) is 1. The molecule has 0 spiro atoms. The first-order valence-electron chi connectivity index (χ1n) is 11.1. The summed E-state index contributed by atoms with van der Waals surface area (Å²) in [5, 5.41) is 8.65. The summed E-state index contributed by atoms with van der Waals surface area (Å²) in [5.41, 5.74) is 3.21. The van der Waals surface area contributed by atoms with Gasteiger partial charge in [-0.1, -0.05) is 36.8 Å². The van der Waals surface area contributed by atoms with E-state index in [0.717, 1.165) is 55.7 Å². The number of rotatable bonds is 4. The zero-order chi connectivity index (χ0) is 20.1. The zero-order valence-electron chi connectivity index (χ0n) is 17.9. The quantitative estimate of drug-likeness (QED) is 0.615. The van der Waals surface area contributed by atoms with Crippen molar-refractivity contribution < 1.29 is 4.79 Å². The van der Waals surface area contributed by atoms with Crippen molar-refractivity contribution in [1.29, 1.82) is 0 Å². The lowest BCUT2D eigenvalue weighted by Gasteiger charge is -2.35. The normalized spacial score (nSPS) is 25.1. The van der Waals surface area contributed by atoms with Crippen LogP contribution >= 0.6 is 24.8 Å². The van der Waals surface area contributed by atoms with Crippen molar-refractivity contribution in [2.45, 2.75) is 31.8 Å². The Balaban J connectivity index is 0.00000122. The lowest BCUT2D eigenvalue weighted by Crippen LogP contribution is -2.41. The summed E-state index contributed by atoms with van der Waals surface area (Å²) in [5.74, 6) is 1.67. The summed E-state index contributed by atoms with van der Waals surface area (Å²) in [7, 11) is 0. The second kappa shape index (κ2) is 9.38. The third-order valence-corrected chi connectivity index (χ3v) is 7.41. The summed E-state index contributed by atoms with van der Waals surface area (Å²) in [6.45, 7) is 3.79. The molecule has 1 saturated carbocycles. The Labute approximate surface area is 200 Å². The van der Waals surface area contributed by atoms with E-state index in [9.17, 15) is 4.79 Å². The van der Waals surface area contributed by atoms with Crippen LogP contribution in [0.2, 0.25) is 0 Å². The highest BCUT2D eigenvalue weighted by Crippen LogP contribution is 2.47. The highest BCUT2D eigenvalue weighted by Gasteiger charge is 2.50. The van der Waals surface area contributed by atoms with E-state index in [4.69, 9.17) is 0 Å². The molecule has 4 heterocycles. The Kier molecular flexibility index (Phi) is 6.75. The van der Waals surface area contributed by atoms with Crippen molar-refractivity contribution in [1.82, 2.24) is 25.0 Å². The van der Waals surface area contributed by atoms with E-state index < -0.39 is 0 Å². The number of likely N-dealkylation sites (tertiary alicyclic amines) is 2. The number of amides is 1. The van der Waals surface area contributed by atoms with E-state index in [1.165, 1.54) is 12.0 Å². The van der Waals surface area contributed by atoms with Crippen molar-refractivity contribution in [3.63, 3.8) is 0 Å². The largest absolute Gasteiger partial charge is 0.335 e. The maximum absolute atomic E-state index is 13.2. The topological polar surface area (TPSA) is 65.1 Å². The van der Waals surface area contributed by atoms with Crippen molar-refractivity contribution in [2.75, 3.05) is 19.6 Å². The second-order valence-electron chi connectivity index (χ2n) is 9.17. The van der Waals surface area contributed by atoms with Crippen LogP contribution in [0.15, 0.2) is 48.7 Å². The van der Waals surface area contributed by atoms with Gasteiger partial charge in [0, 0.05) is 49.6 Å². The number of H-pyrrole nitrogens is 1. The Bertz CT molecular complexity index is 1070. The number of halogens is 2. The fourth-order valence-corrected chi connectivity index (χ4v) is 5.71. The minimum Gasteiger partial charge on any atom is -0.335 e. The van der Waals surface area contributed by atoms with Gasteiger partial charge < -0.3 is 4.90 Å². The molecule has 2 aromatic heterocycles. The first-order valence-corrected chi connectivity index (χ1v) is 11.1. The van der Waals surface area contributed by atoms with Crippen LogP contribution in [-0.4, -0.2) is 50.5 Å². The number of nitrogens with zero attached hydrogens (tertiary/aromatic N) is 4. The van der Waals surface area contributed by atoms with Crippen LogP contribution in [0.4, 0.5) is 0 Å². The monoisotopic (exact) mass is 473 g/mol. The molecule has 3 atom stereocenters. The first-order chi connectivity index (χ1) is 14.8. The smallest absolute Gasteiger partial charge is 0.226 e. The molecule has 3 fully saturated rings. The number of hydrogen-bond acceptors (Lipinski definition) is 4. The van der Waals surface area contributed by atoms with Gasteiger partial charge in [-0.05, 0) is 36.5 Å². The molecular weight excluding hydrogens is 445 g/mol. The molecule has 2 saturated heterocycles. The number of pyridine rings is 1. The van der Waals surface area contributed by atoms with Crippen molar-refractivity contribution in [3.05, 3.63) is 59.9 Å². The van der Waals surface area contributed by atoms with Gasteiger partial charge in [-0.15, -0.1) is 24.8 Å². The number of hydrogen-bond donors (Lipinski definition) is 1. The van der Waals surface area contributed by atoms with Gasteiger partial charge in [0.1, 0.15) is 0 Å². The molecule has 0 unspecified atom stereocenters. The molecule has 1 N–H and O–H groups in total. The van der Waals surface area contributed by atoms with E-state index in [-0.39, 0.29) is 36.8 Å². The minimum absolute atomic E-state index is 0. The standard InChI is InChI=1S/C24H27N5O.2ClH/c30-24(17-8-4-9-17)29-13-18-12-28(14-20(18)22(29)16-6-2-1-3-7-16)15-21-19-10-5-11-25-23(19)27-26-21;;/h1-3,5-7,10-11,17-18,20,22H,4,8-9,12-15H2,(H,25,26,27);2*1H/t18-,20-,22-;;/m0../s1. The number of fused-ring (bicyclic) bond motifs is 2. The number of carbonyl (C=O) groups excluding carboxylic acids is 1. The molecule has 1 aromatic carbocycles. The van der Waals surface area contributed by atoms with Crippen LogP contribution in [0.5, 0.6) is 0 Å². The maximum Gasteiger partial charge on any atom is 0.226 e. The van der Waals surface area contributed by atoms with Gasteiger partial charge in [-0.25, -0.2) is 4.98 Å². The van der Waals surface area contributed by atoms with Gasteiger partial charge in [0.05, 0.1) is 11.7 Å². The molecule has 2 aliphatic heterocycles. The van der Waals surface area contributed by atoms with Gasteiger partial charge in [0.25, 0.3) is 0 Å². The number of aromatic nitrogens is 3. The van der Waals surface area contributed by atoms with Crippen molar-refractivity contribution in [2.24, 2.45) is 17.8 Å². The average Bonchev–Trinajstić information content (AvgIpc) is 3.40. The zero-order valence-corrected chi connectivity index (χ0v) is 19.5. The number of aromatic amines is 1. The molecule has 8 heteroatoms. The molecule has 3 aliphatic rings. The van der Waals surface area contributed by atoms with Crippen molar-refractivity contribution in [3.8, 4) is 0 Å². The van der Waals surface area contributed by atoms with Crippen LogP contribution in [0.3, 0.4) is 0 Å². The van der Waals surface area contributed by atoms with Gasteiger partial charge in [-0.3, -0.25) is 14.8 Å². The molecule has 0 bridgehead atoms. The molecule has 0 radical (unpaired) electrons. The summed E-state index contributed by atoms with van der Waals surface area (Å²) >= 11 is 0. The highest BCUT2D eigenvalue weighted by atomic mass is 35.5. The lowest BCUT2D eigenvalue weighted by molar-refractivity contribution is -0.139. The second-order valence-corrected chi connectivity index (χ2v) is 9.17. The van der Waals surface area contributed by atoms with Crippen molar-refractivity contribution >= 4 is 41.8 Å². The van der Waals surface area contributed by atoms with E-state index in [1.54, 1.807) is 6.20 Å². The van der Waals surface area contributed by atoms with Crippen LogP contribution in [0.25, 0.3) is 11.0 Å². The predicted octanol–water partition coefficient (Wildman–Crippen LogP) is 4.23. The molecule has 32 heavy (non-hydrogen) atoms. The van der Waals surface area contributed by atoms with Crippen LogP contribution < -0.4 is 0 Å². The van der Waals surface area contributed by atoms with Gasteiger partial charge in [0.15, 0.2) is 5.65 Å². The van der Waals surface area contributed by atoms with Crippen LogP contribution in [0.1, 0.15) is 36.6 Å². The first kappa shape index (κ1) is 23.0. The van der Waals surface area contributed by atoms with Gasteiger partial charge >= 0.3 is 0 Å². The summed E-state index contributed by atoms with van der Waals surface area (Å²) in [6.07, 6.45) is 5.12. The van der Waals surface area contributed by atoms with Crippen LogP contribution in [-0.2, 0) is 11.3 Å². The molecule has 1 aliphatic carbocycles. The summed E-state index contributed by atoms with van der Waals surface area (Å²) < 4.78 is 0. The molecule has 170 valence electrons. The molecule has 3 aromatic rings. The van der Waals surface area contributed by atoms with Crippen LogP contribution in [0, 0.1) is 17.8 Å². The fraction of sp³-hybridized carbons (Fsp3) is 0.458. The van der Waals surface area contributed by atoms with E-state index in [1.807, 2.05) is 6.07 Å². The third kappa shape index (κ3) is 3.89. The molecule has 6 nitrogen and oxygen atoms in total. The summed E-state index contributed by atoms with van der Waals surface area (Å²) in [6, 6.07) is 14.9. The average molecular weight is 474 g/mol. The van der Waals surface area contributed by atoms with Gasteiger partial charge in [-0.2, -0.15) is 5.10 Å². The van der Waals surface area contributed by atoms with E-state index >= 15 is 0 Å². The lowest BCUT2D eigenvalue weighted by atomic mass is 9.83. The Morgan fingerprint density at radius 2 is 1.84 bits per heavy atom. The Hall–Kier alpha value is -2.15. The summed E-state index contributed by atoms with van der Waals surface area (Å²) in [4.78, 5) is 22.3. The van der Waals surface area contributed by atoms with E-state index in [0.29, 0.717) is 17.7 Å². The predicted molar refractivity (Wildman–Crippen MR) is 129 cm³/mol. The SMILES string of the molecule is Cl.Cl.O=C(C1CCC1)N1C[C@@H]2CN(Cc3[nH]nc4ncccc34)C[C@@H]2[C@@H]1c1ccccc1. The van der Waals surface area contributed by atoms with E-state index in [2.05, 4.69) is 61.4 Å². The number of benzene rings is 1. The highest BCUT2D eigenvalue weighted by molar-refractivity contribution is 5.85. The maximum atomic E-state index is 13.2. The number of carbonyl (C=O) groups is 1. The minimum atomic E-state index is 0. The Morgan fingerprint density at radius 3 is 2.59 bits per heavy atom. The van der Waals surface area contributed by atoms with Gasteiger partial charge in [0.2, 0.25) is 5.91 Å². The third-order valence-electron chi connectivity index (χ3n) is 7.41. The Morgan fingerprint density at radius 1 is 1.03 bits per heavy atom. The molecular formula is C24H29Cl2N5O. The molecule has 6 rings (SSSR count). The fourth-order valence-electron chi connectivity index (χ4n) is 5.71.